The van der Waals surface area contributed by atoms with Gasteiger partial charge in [-0.1, -0.05) is 18.2 Å². The van der Waals surface area contributed by atoms with E-state index in [-0.39, 0.29) is 17.9 Å². The molecular formula is C12H16N2O. The molecule has 1 fully saturated rings. The lowest BCUT2D eigenvalue weighted by atomic mass is 10.0. The first kappa shape index (κ1) is 10.2. The molecule has 0 aromatic heterocycles. The highest BCUT2D eigenvalue weighted by Gasteiger charge is 2.29. The second-order valence-electron chi connectivity index (χ2n) is 3.99. The van der Waals surface area contributed by atoms with Crippen LogP contribution >= 0.6 is 0 Å². The van der Waals surface area contributed by atoms with Crippen molar-refractivity contribution in [3.05, 3.63) is 30.3 Å². The van der Waals surface area contributed by atoms with Crippen LogP contribution in [0.5, 0.6) is 0 Å². The molecule has 1 aliphatic rings. The molecule has 1 amide bonds. The van der Waals surface area contributed by atoms with Crippen LogP contribution in [0.25, 0.3) is 0 Å². The fourth-order valence-corrected chi connectivity index (χ4v) is 1.97. The van der Waals surface area contributed by atoms with Gasteiger partial charge in [-0.15, -0.1) is 0 Å². The number of anilines is 1. The van der Waals surface area contributed by atoms with E-state index in [1.807, 2.05) is 30.3 Å². The van der Waals surface area contributed by atoms with Crippen LogP contribution in [0.3, 0.4) is 0 Å². The second-order valence-corrected chi connectivity index (χ2v) is 3.99. The molecule has 2 unspecified atom stereocenters. The van der Waals surface area contributed by atoms with E-state index in [0.717, 1.165) is 18.7 Å². The summed E-state index contributed by atoms with van der Waals surface area (Å²) in [7, 11) is 0. The fourth-order valence-electron chi connectivity index (χ4n) is 1.97. The summed E-state index contributed by atoms with van der Waals surface area (Å²) in [6.45, 7) is 3.00. The SMILES string of the molecule is CC1NCCC1C(=O)Nc1ccccc1. The minimum absolute atomic E-state index is 0.102. The van der Waals surface area contributed by atoms with Gasteiger partial charge in [0.1, 0.15) is 0 Å². The summed E-state index contributed by atoms with van der Waals surface area (Å²) in [6.07, 6.45) is 0.930. The van der Waals surface area contributed by atoms with Gasteiger partial charge in [0, 0.05) is 11.7 Å². The first-order chi connectivity index (χ1) is 7.27. The van der Waals surface area contributed by atoms with Crippen LogP contribution < -0.4 is 10.6 Å². The van der Waals surface area contributed by atoms with Gasteiger partial charge in [-0.05, 0) is 32.0 Å². The second kappa shape index (κ2) is 4.45. The first-order valence-corrected chi connectivity index (χ1v) is 5.36. The molecule has 3 heteroatoms. The number of rotatable bonds is 2. The number of hydrogen-bond acceptors (Lipinski definition) is 2. The lowest BCUT2D eigenvalue weighted by molar-refractivity contribution is -0.119. The highest BCUT2D eigenvalue weighted by molar-refractivity contribution is 5.93. The first-order valence-electron chi connectivity index (χ1n) is 5.36. The van der Waals surface area contributed by atoms with Crippen molar-refractivity contribution < 1.29 is 4.79 Å². The number of para-hydroxylation sites is 1. The van der Waals surface area contributed by atoms with Crippen LogP contribution in [-0.4, -0.2) is 18.5 Å². The average molecular weight is 204 g/mol. The lowest BCUT2D eigenvalue weighted by Gasteiger charge is -2.14. The van der Waals surface area contributed by atoms with Gasteiger partial charge in [0.05, 0.1) is 5.92 Å². The third-order valence-electron chi connectivity index (χ3n) is 2.90. The molecule has 2 N–H and O–H groups in total. The Bertz CT molecular complexity index is 337. The highest BCUT2D eigenvalue weighted by Crippen LogP contribution is 2.17. The molecule has 0 radical (unpaired) electrons. The average Bonchev–Trinajstić information content (AvgIpc) is 2.66. The van der Waals surface area contributed by atoms with Gasteiger partial charge < -0.3 is 10.6 Å². The highest BCUT2D eigenvalue weighted by atomic mass is 16.1. The Morgan fingerprint density at radius 1 is 1.40 bits per heavy atom. The van der Waals surface area contributed by atoms with Crippen molar-refractivity contribution in [1.82, 2.24) is 5.32 Å². The van der Waals surface area contributed by atoms with Crippen LogP contribution in [-0.2, 0) is 4.79 Å². The topological polar surface area (TPSA) is 41.1 Å². The van der Waals surface area contributed by atoms with E-state index >= 15 is 0 Å². The van der Waals surface area contributed by atoms with Crippen molar-refractivity contribution >= 4 is 11.6 Å². The van der Waals surface area contributed by atoms with Gasteiger partial charge in [0.15, 0.2) is 0 Å². The third-order valence-corrected chi connectivity index (χ3v) is 2.90. The van der Waals surface area contributed by atoms with Gasteiger partial charge >= 0.3 is 0 Å². The molecule has 2 rings (SSSR count). The number of hydrogen-bond donors (Lipinski definition) is 2. The minimum Gasteiger partial charge on any atom is -0.326 e. The van der Waals surface area contributed by atoms with E-state index in [4.69, 9.17) is 0 Å². The molecule has 1 heterocycles. The molecular weight excluding hydrogens is 188 g/mol. The lowest BCUT2D eigenvalue weighted by Crippen LogP contribution is -2.32. The van der Waals surface area contributed by atoms with Gasteiger partial charge in [-0.3, -0.25) is 4.79 Å². The summed E-state index contributed by atoms with van der Waals surface area (Å²) in [6, 6.07) is 9.89. The van der Waals surface area contributed by atoms with Crippen LogP contribution in [0.2, 0.25) is 0 Å². The van der Waals surface area contributed by atoms with Crippen LogP contribution in [0.4, 0.5) is 5.69 Å². The van der Waals surface area contributed by atoms with E-state index < -0.39 is 0 Å². The summed E-state index contributed by atoms with van der Waals surface area (Å²) in [5, 5.41) is 6.21. The molecule has 1 aromatic carbocycles. The fraction of sp³-hybridized carbons (Fsp3) is 0.417. The molecule has 15 heavy (non-hydrogen) atoms. The zero-order valence-electron chi connectivity index (χ0n) is 8.86. The summed E-state index contributed by atoms with van der Waals surface area (Å²) in [4.78, 5) is 11.9. The maximum absolute atomic E-state index is 11.9. The molecule has 0 spiro atoms. The molecule has 0 bridgehead atoms. The molecule has 80 valence electrons. The molecule has 1 aliphatic heterocycles. The van der Waals surface area contributed by atoms with E-state index in [0.29, 0.717) is 0 Å². The Labute approximate surface area is 89.9 Å². The van der Waals surface area contributed by atoms with Crippen molar-refractivity contribution in [2.75, 3.05) is 11.9 Å². The van der Waals surface area contributed by atoms with Crippen LogP contribution in [0.15, 0.2) is 30.3 Å². The van der Waals surface area contributed by atoms with Gasteiger partial charge in [0.25, 0.3) is 0 Å². The van der Waals surface area contributed by atoms with Gasteiger partial charge in [0.2, 0.25) is 5.91 Å². The molecule has 3 nitrogen and oxygen atoms in total. The number of benzene rings is 1. The zero-order valence-corrected chi connectivity index (χ0v) is 8.86. The van der Waals surface area contributed by atoms with Gasteiger partial charge in [-0.25, -0.2) is 0 Å². The molecule has 0 saturated carbocycles. The van der Waals surface area contributed by atoms with E-state index in [2.05, 4.69) is 17.6 Å². The standard InChI is InChI=1S/C12H16N2O/c1-9-11(7-8-13-9)12(15)14-10-5-3-2-4-6-10/h2-6,9,11,13H,7-8H2,1H3,(H,14,15). The van der Waals surface area contributed by atoms with Crippen LogP contribution in [0, 0.1) is 5.92 Å². The minimum atomic E-state index is 0.102. The smallest absolute Gasteiger partial charge is 0.229 e. The molecule has 2 atom stereocenters. The van der Waals surface area contributed by atoms with E-state index in [1.165, 1.54) is 0 Å². The summed E-state index contributed by atoms with van der Waals surface area (Å²) >= 11 is 0. The maximum atomic E-state index is 11.9. The summed E-state index contributed by atoms with van der Waals surface area (Å²) in [5.74, 6) is 0.226. The van der Waals surface area contributed by atoms with Crippen molar-refractivity contribution in [3.8, 4) is 0 Å². The quantitative estimate of drug-likeness (QED) is 0.768. The Hall–Kier alpha value is -1.35. The zero-order chi connectivity index (χ0) is 10.7. The summed E-state index contributed by atoms with van der Waals surface area (Å²) < 4.78 is 0. The number of carbonyl (C=O) groups is 1. The predicted molar refractivity (Wildman–Crippen MR) is 60.6 cm³/mol. The molecule has 0 aliphatic carbocycles. The van der Waals surface area contributed by atoms with E-state index in [9.17, 15) is 4.79 Å². The summed E-state index contributed by atoms with van der Waals surface area (Å²) in [5.41, 5.74) is 0.876. The largest absolute Gasteiger partial charge is 0.326 e. The Morgan fingerprint density at radius 2 is 2.13 bits per heavy atom. The van der Waals surface area contributed by atoms with Crippen LogP contribution in [0.1, 0.15) is 13.3 Å². The Morgan fingerprint density at radius 3 is 2.73 bits per heavy atom. The third kappa shape index (κ3) is 2.36. The maximum Gasteiger partial charge on any atom is 0.229 e. The number of amides is 1. The van der Waals surface area contributed by atoms with Gasteiger partial charge in [-0.2, -0.15) is 0 Å². The van der Waals surface area contributed by atoms with Crippen molar-refractivity contribution in [2.24, 2.45) is 5.92 Å². The predicted octanol–water partition coefficient (Wildman–Crippen LogP) is 1.62. The molecule has 1 saturated heterocycles. The number of nitrogens with one attached hydrogen (secondary N) is 2. The Balaban J connectivity index is 1.98. The van der Waals surface area contributed by atoms with Crippen molar-refractivity contribution in [2.45, 2.75) is 19.4 Å². The number of carbonyl (C=O) groups excluding carboxylic acids is 1. The molecule has 1 aromatic rings. The van der Waals surface area contributed by atoms with Crippen molar-refractivity contribution in [3.63, 3.8) is 0 Å². The van der Waals surface area contributed by atoms with Crippen molar-refractivity contribution in [1.29, 1.82) is 0 Å². The van der Waals surface area contributed by atoms with E-state index in [1.54, 1.807) is 0 Å². The Kier molecular flexibility index (Phi) is 3.02. The normalized spacial score (nSPS) is 25.1. The monoisotopic (exact) mass is 204 g/mol.